The monoisotopic (exact) mass is 409 g/mol. The van der Waals surface area contributed by atoms with Crippen molar-refractivity contribution in [1.82, 2.24) is 20.1 Å². The molecule has 25 heavy (non-hydrogen) atoms. The fourth-order valence-corrected chi connectivity index (χ4v) is 2.61. The molecule has 8 nitrogen and oxygen atoms in total. The van der Waals surface area contributed by atoms with Gasteiger partial charge in [-0.05, 0) is 23.6 Å². The van der Waals surface area contributed by atoms with Crippen molar-refractivity contribution in [2.75, 3.05) is 12.4 Å². The molecule has 1 aromatic carbocycles. The van der Waals surface area contributed by atoms with Gasteiger partial charge in [0.2, 0.25) is 11.9 Å². The van der Waals surface area contributed by atoms with Gasteiger partial charge < -0.3 is 10.1 Å². The quantitative estimate of drug-likeness (QED) is 0.762. The lowest BCUT2D eigenvalue weighted by atomic mass is 10.0. The predicted octanol–water partition coefficient (Wildman–Crippen LogP) is 2.41. The van der Waals surface area contributed by atoms with Crippen molar-refractivity contribution in [3.05, 3.63) is 40.6 Å². The van der Waals surface area contributed by atoms with Gasteiger partial charge in [-0.1, -0.05) is 41.9 Å². The molecule has 0 saturated carbocycles. The van der Waals surface area contributed by atoms with Gasteiger partial charge in [0.05, 0.1) is 13.7 Å². The maximum absolute atomic E-state index is 12.3. The van der Waals surface area contributed by atoms with Crippen molar-refractivity contribution in [2.24, 2.45) is 5.92 Å². The van der Waals surface area contributed by atoms with Crippen molar-refractivity contribution >= 4 is 33.9 Å². The molecule has 1 unspecified atom stereocenters. The molecule has 0 fully saturated rings. The van der Waals surface area contributed by atoms with E-state index < -0.39 is 18.0 Å². The maximum atomic E-state index is 12.3. The van der Waals surface area contributed by atoms with E-state index in [9.17, 15) is 9.59 Å². The molecular formula is C16H20BrN5O3. The highest BCUT2D eigenvalue weighted by atomic mass is 79.9. The fourth-order valence-electron chi connectivity index (χ4n) is 2.16. The van der Waals surface area contributed by atoms with Gasteiger partial charge in [0.25, 0.3) is 0 Å². The topological polar surface area (TPSA) is 98.1 Å². The zero-order valence-electron chi connectivity index (χ0n) is 14.2. The first kappa shape index (κ1) is 18.9. The van der Waals surface area contributed by atoms with Crippen LogP contribution in [0.4, 0.5) is 10.7 Å². The van der Waals surface area contributed by atoms with Gasteiger partial charge in [-0.2, -0.15) is 0 Å². The maximum Gasteiger partial charge on any atom is 0.407 e. The van der Waals surface area contributed by atoms with Gasteiger partial charge in [-0.25, -0.2) is 14.5 Å². The Hall–Kier alpha value is -2.42. The van der Waals surface area contributed by atoms with E-state index in [0.29, 0.717) is 6.54 Å². The Labute approximate surface area is 154 Å². The smallest absolute Gasteiger partial charge is 0.407 e. The van der Waals surface area contributed by atoms with Crippen LogP contribution in [-0.2, 0) is 16.1 Å². The second-order valence-electron chi connectivity index (χ2n) is 5.74. The van der Waals surface area contributed by atoms with Crippen LogP contribution >= 0.6 is 15.9 Å². The summed E-state index contributed by atoms with van der Waals surface area (Å²) in [7, 11) is 1.25. The summed E-state index contributed by atoms with van der Waals surface area (Å²) in [6, 6.07) is 7.08. The average molecular weight is 410 g/mol. The third-order valence-electron chi connectivity index (χ3n) is 3.41. The summed E-state index contributed by atoms with van der Waals surface area (Å²) in [5.74, 6) is -0.347. The predicted molar refractivity (Wildman–Crippen MR) is 96.1 cm³/mol. The van der Waals surface area contributed by atoms with E-state index in [1.165, 1.54) is 13.4 Å². The van der Waals surface area contributed by atoms with Crippen LogP contribution in [0.3, 0.4) is 0 Å². The van der Waals surface area contributed by atoms with E-state index in [1.54, 1.807) is 4.68 Å². The van der Waals surface area contributed by atoms with Crippen molar-refractivity contribution in [3.63, 3.8) is 0 Å². The van der Waals surface area contributed by atoms with Crippen LogP contribution < -0.4 is 10.6 Å². The molecule has 0 saturated heterocycles. The number of hydrogen-bond acceptors (Lipinski definition) is 5. The van der Waals surface area contributed by atoms with E-state index in [1.807, 2.05) is 38.1 Å². The van der Waals surface area contributed by atoms with Gasteiger partial charge in [-0.3, -0.25) is 10.1 Å². The minimum absolute atomic E-state index is 0.122. The number of alkyl carbamates (subject to hydrolysis) is 1. The Balaban J connectivity index is 2.01. The van der Waals surface area contributed by atoms with Crippen LogP contribution in [0.2, 0.25) is 0 Å². The summed E-state index contributed by atoms with van der Waals surface area (Å²) in [5.41, 5.74) is 1.05. The van der Waals surface area contributed by atoms with E-state index in [2.05, 4.69) is 41.4 Å². The summed E-state index contributed by atoms with van der Waals surface area (Å²) in [5, 5.41) is 9.34. The standard InChI is InChI=1S/C16H20BrN5O3/c1-10(2)13(19-16(24)25-3)14(23)20-15-18-9-22(21-15)8-11-5-4-6-12(17)7-11/h4-7,9-10,13H,8H2,1-3H3,(H,19,24)(H,20,21,23). The number of nitrogens with one attached hydrogen (secondary N) is 2. The molecular weight excluding hydrogens is 390 g/mol. The number of rotatable bonds is 6. The molecule has 2 amide bonds. The van der Waals surface area contributed by atoms with E-state index in [-0.39, 0.29) is 11.9 Å². The Morgan fingerprint density at radius 2 is 2.12 bits per heavy atom. The van der Waals surface area contributed by atoms with E-state index in [0.717, 1.165) is 10.0 Å². The Kier molecular flexibility index (Phi) is 6.51. The normalized spacial score (nSPS) is 11.9. The third kappa shape index (κ3) is 5.56. The molecule has 0 spiro atoms. The molecule has 0 bridgehead atoms. The minimum atomic E-state index is -0.746. The van der Waals surface area contributed by atoms with Crippen molar-refractivity contribution in [2.45, 2.75) is 26.4 Å². The number of halogens is 1. The molecule has 1 aromatic heterocycles. The van der Waals surface area contributed by atoms with Crippen LogP contribution in [0.15, 0.2) is 35.1 Å². The number of amides is 2. The highest BCUT2D eigenvalue weighted by Crippen LogP contribution is 2.13. The van der Waals surface area contributed by atoms with Crippen LogP contribution in [0.25, 0.3) is 0 Å². The zero-order valence-corrected chi connectivity index (χ0v) is 15.8. The molecule has 0 aliphatic rings. The number of carbonyl (C=O) groups excluding carboxylic acids is 2. The summed E-state index contributed by atoms with van der Waals surface area (Å²) >= 11 is 3.42. The van der Waals surface area contributed by atoms with E-state index >= 15 is 0 Å². The Morgan fingerprint density at radius 3 is 2.76 bits per heavy atom. The summed E-state index contributed by atoms with van der Waals surface area (Å²) in [6.07, 6.45) is 0.872. The Morgan fingerprint density at radius 1 is 1.36 bits per heavy atom. The first-order chi connectivity index (χ1) is 11.9. The summed E-state index contributed by atoms with van der Waals surface area (Å²) in [6.45, 7) is 4.16. The Bertz CT molecular complexity index is 747. The lowest BCUT2D eigenvalue weighted by molar-refractivity contribution is -0.119. The van der Waals surface area contributed by atoms with Crippen LogP contribution in [0, 0.1) is 5.92 Å². The average Bonchev–Trinajstić information content (AvgIpc) is 2.98. The molecule has 1 atom stereocenters. The van der Waals surface area contributed by atoms with Crippen molar-refractivity contribution in [1.29, 1.82) is 0 Å². The molecule has 0 aliphatic carbocycles. The number of hydrogen-bond donors (Lipinski definition) is 2. The van der Waals surface area contributed by atoms with Gasteiger partial charge in [0.15, 0.2) is 0 Å². The number of benzene rings is 1. The first-order valence-electron chi connectivity index (χ1n) is 7.68. The summed E-state index contributed by atoms with van der Waals surface area (Å²) in [4.78, 5) is 27.8. The van der Waals surface area contributed by atoms with Crippen molar-refractivity contribution < 1.29 is 14.3 Å². The van der Waals surface area contributed by atoms with Gasteiger partial charge in [0, 0.05) is 4.47 Å². The number of aromatic nitrogens is 3. The van der Waals surface area contributed by atoms with Gasteiger partial charge in [-0.15, -0.1) is 5.10 Å². The second-order valence-corrected chi connectivity index (χ2v) is 6.66. The first-order valence-corrected chi connectivity index (χ1v) is 8.47. The van der Waals surface area contributed by atoms with Gasteiger partial charge >= 0.3 is 6.09 Å². The highest BCUT2D eigenvalue weighted by Gasteiger charge is 2.25. The van der Waals surface area contributed by atoms with E-state index in [4.69, 9.17) is 0 Å². The molecule has 1 heterocycles. The van der Waals surface area contributed by atoms with Gasteiger partial charge in [0.1, 0.15) is 12.4 Å². The van der Waals surface area contributed by atoms with Crippen LogP contribution in [-0.4, -0.2) is 39.9 Å². The van der Waals surface area contributed by atoms with Crippen LogP contribution in [0.1, 0.15) is 19.4 Å². The molecule has 134 valence electrons. The number of ether oxygens (including phenoxy) is 1. The fraction of sp³-hybridized carbons (Fsp3) is 0.375. The molecule has 0 aliphatic heterocycles. The largest absolute Gasteiger partial charge is 0.453 e. The highest BCUT2D eigenvalue weighted by molar-refractivity contribution is 9.10. The second kappa shape index (κ2) is 8.61. The lowest BCUT2D eigenvalue weighted by Crippen LogP contribution is -2.47. The van der Waals surface area contributed by atoms with Crippen LogP contribution in [0.5, 0.6) is 0 Å². The number of nitrogens with zero attached hydrogens (tertiary/aromatic N) is 3. The zero-order chi connectivity index (χ0) is 18.4. The third-order valence-corrected chi connectivity index (χ3v) is 3.91. The SMILES string of the molecule is COC(=O)NC(C(=O)Nc1ncn(Cc2cccc(Br)c2)n1)C(C)C. The molecule has 0 radical (unpaired) electrons. The number of carbonyl (C=O) groups is 2. The number of methoxy groups -OCH3 is 1. The lowest BCUT2D eigenvalue weighted by Gasteiger charge is -2.19. The molecule has 2 N–H and O–H groups in total. The number of anilines is 1. The molecule has 2 aromatic rings. The molecule has 9 heteroatoms. The summed E-state index contributed by atoms with van der Waals surface area (Å²) < 4.78 is 7.14. The van der Waals surface area contributed by atoms with Crippen molar-refractivity contribution in [3.8, 4) is 0 Å². The minimum Gasteiger partial charge on any atom is -0.453 e. The molecule has 2 rings (SSSR count).